The molecule has 29 heavy (non-hydrogen) atoms. The molecule has 3 N–H and O–H groups in total. The Labute approximate surface area is 166 Å². The van der Waals surface area contributed by atoms with Gasteiger partial charge < -0.3 is 15.6 Å². The number of likely N-dealkylation sites (N-methyl/N-ethyl adjacent to an activating group) is 1. The maximum Gasteiger partial charge on any atom is 0.261 e. The highest BCUT2D eigenvalue weighted by Crippen LogP contribution is 2.15. The van der Waals surface area contributed by atoms with Crippen molar-refractivity contribution in [1.29, 1.82) is 0 Å². The number of benzene rings is 1. The Balaban J connectivity index is 1.63. The van der Waals surface area contributed by atoms with Crippen molar-refractivity contribution < 1.29 is 9.59 Å². The normalized spacial score (nSPS) is 11.0. The number of H-pyrrole nitrogens is 1. The second kappa shape index (κ2) is 9.11. The zero-order valence-electron chi connectivity index (χ0n) is 16.3. The van der Waals surface area contributed by atoms with Gasteiger partial charge in [-0.05, 0) is 31.3 Å². The first-order valence-corrected chi connectivity index (χ1v) is 9.31. The summed E-state index contributed by atoms with van der Waals surface area (Å²) in [5.74, 6) is -0.444. The highest BCUT2D eigenvalue weighted by atomic mass is 16.2. The first-order chi connectivity index (χ1) is 14.0. The number of carbonyl (C=O) groups excluding carboxylic acids is 2. The van der Waals surface area contributed by atoms with E-state index >= 15 is 0 Å². The van der Waals surface area contributed by atoms with Crippen LogP contribution in [0.3, 0.4) is 0 Å². The minimum atomic E-state index is -0.330. The van der Waals surface area contributed by atoms with Crippen LogP contribution in [-0.4, -0.2) is 56.1 Å². The van der Waals surface area contributed by atoms with Gasteiger partial charge >= 0.3 is 0 Å². The molecule has 2 amide bonds. The molecule has 3 rings (SSSR count). The average Bonchev–Trinajstić information content (AvgIpc) is 3.10. The van der Waals surface area contributed by atoms with Gasteiger partial charge in [0.25, 0.3) is 5.56 Å². The van der Waals surface area contributed by atoms with Gasteiger partial charge in [-0.3, -0.25) is 19.3 Å². The lowest BCUT2D eigenvalue weighted by Gasteiger charge is -2.17. The molecular weight excluding hydrogens is 374 g/mol. The molecule has 2 aromatic heterocycles. The summed E-state index contributed by atoms with van der Waals surface area (Å²) < 4.78 is 1.36. The molecule has 10 nitrogen and oxygen atoms in total. The molecule has 0 radical (unpaired) electrons. The van der Waals surface area contributed by atoms with Gasteiger partial charge in [0, 0.05) is 11.4 Å². The van der Waals surface area contributed by atoms with Crippen LogP contribution in [0.1, 0.15) is 13.8 Å². The molecule has 0 saturated heterocycles. The number of hydrogen-bond acceptors (Lipinski definition) is 6. The summed E-state index contributed by atoms with van der Waals surface area (Å²) >= 11 is 0. The van der Waals surface area contributed by atoms with Crippen LogP contribution < -0.4 is 16.2 Å². The van der Waals surface area contributed by atoms with Crippen LogP contribution >= 0.6 is 0 Å². The van der Waals surface area contributed by atoms with E-state index < -0.39 is 0 Å². The van der Waals surface area contributed by atoms with Crippen molar-refractivity contribution in [3.8, 4) is 0 Å². The molecule has 0 saturated carbocycles. The molecular formula is C19H23N7O3. The van der Waals surface area contributed by atoms with Gasteiger partial charge in [-0.2, -0.15) is 5.10 Å². The summed E-state index contributed by atoms with van der Waals surface area (Å²) in [4.78, 5) is 44.8. The van der Waals surface area contributed by atoms with E-state index in [1.165, 1.54) is 17.2 Å². The molecule has 152 valence electrons. The fraction of sp³-hybridized carbons (Fsp3) is 0.316. The van der Waals surface area contributed by atoms with Crippen molar-refractivity contribution in [3.63, 3.8) is 0 Å². The van der Waals surface area contributed by atoms with Crippen molar-refractivity contribution in [2.75, 3.05) is 30.3 Å². The minimum Gasteiger partial charge on any atom is -0.325 e. The Hall–Kier alpha value is -3.53. The van der Waals surface area contributed by atoms with E-state index in [9.17, 15) is 14.4 Å². The smallest absolute Gasteiger partial charge is 0.261 e. The number of nitrogens with one attached hydrogen (secondary N) is 3. The second-order valence-corrected chi connectivity index (χ2v) is 6.41. The first-order valence-electron chi connectivity index (χ1n) is 9.31. The topological polar surface area (TPSA) is 125 Å². The third kappa shape index (κ3) is 5.05. The molecule has 0 atom stereocenters. The fourth-order valence-corrected chi connectivity index (χ4v) is 2.88. The highest BCUT2D eigenvalue weighted by Gasteiger charge is 2.12. The van der Waals surface area contributed by atoms with Crippen molar-refractivity contribution in [3.05, 3.63) is 47.1 Å². The Morgan fingerprint density at radius 2 is 1.83 bits per heavy atom. The average molecular weight is 397 g/mol. The standard InChI is InChI=1S/C19H23N7O3/c1-3-25(4-2)10-16(27)23-13-6-5-7-14(8-13)24-17(28)11-26-18-15(9-22-26)19(29)21-12-20-18/h5-9,12H,3-4,10-11H2,1-2H3,(H,23,27)(H,24,28)(H,20,21,29). The third-order valence-electron chi connectivity index (χ3n) is 4.42. The molecule has 0 aliphatic heterocycles. The predicted molar refractivity (Wildman–Crippen MR) is 110 cm³/mol. The van der Waals surface area contributed by atoms with Crippen LogP contribution in [0.5, 0.6) is 0 Å². The maximum atomic E-state index is 12.4. The number of nitrogens with zero attached hydrogens (tertiary/aromatic N) is 4. The number of rotatable bonds is 8. The number of fused-ring (bicyclic) bond motifs is 1. The second-order valence-electron chi connectivity index (χ2n) is 6.41. The lowest BCUT2D eigenvalue weighted by atomic mass is 10.2. The molecule has 0 unspecified atom stereocenters. The molecule has 0 fully saturated rings. The highest BCUT2D eigenvalue weighted by molar-refractivity contribution is 5.95. The molecule has 3 aromatic rings. The zero-order chi connectivity index (χ0) is 20.8. The monoisotopic (exact) mass is 397 g/mol. The van der Waals surface area contributed by atoms with Crippen LogP contribution in [0.25, 0.3) is 11.0 Å². The van der Waals surface area contributed by atoms with E-state index in [1.54, 1.807) is 24.3 Å². The summed E-state index contributed by atoms with van der Waals surface area (Å²) in [6, 6.07) is 6.91. The molecule has 0 aliphatic rings. The number of hydrogen-bond donors (Lipinski definition) is 3. The molecule has 0 aliphatic carbocycles. The van der Waals surface area contributed by atoms with Gasteiger partial charge in [-0.25, -0.2) is 9.67 Å². The van der Waals surface area contributed by atoms with Crippen molar-refractivity contribution in [1.82, 2.24) is 24.6 Å². The quantitative estimate of drug-likeness (QED) is 0.522. The SMILES string of the molecule is CCN(CC)CC(=O)Nc1cccc(NC(=O)Cn2ncc3c(=O)[nH]cnc32)c1. The summed E-state index contributed by atoms with van der Waals surface area (Å²) in [6.07, 6.45) is 2.64. The van der Waals surface area contributed by atoms with Gasteiger partial charge in [-0.1, -0.05) is 19.9 Å². The van der Waals surface area contributed by atoms with Crippen molar-refractivity contribution >= 4 is 34.2 Å². The molecule has 10 heteroatoms. The Kier molecular flexibility index (Phi) is 6.35. The van der Waals surface area contributed by atoms with E-state index in [2.05, 4.69) is 25.7 Å². The first kappa shape index (κ1) is 20.2. The van der Waals surface area contributed by atoms with Crippen LogP contribution in [-0.2, 0) is 16.1 Å². The summed E-state index contributed by atoms with van der Waals surface area (Å²) in [6.45, 7) is 5.80. The fourth-order valence-electron chi connectivity index (χ4n) is 2.88. The van der Waals surface area contributed by atoms with E-state index in [4.69, 9.17) is 0 Å². The summed E-state index contributed by atoms with van der Waals surface area (Å²) in [5, 5.41) is 9.96. The van der Waals surface area contributed by atoms with Gasteiger partial charge in [0.2, 0.25) is 11.8 Å². The summed E-state index contributed by atoms with van der Waals surface area (Å²) in [5.41, 5.74) is 1.16. The Morgan fingerprint density at radius 1 is 1.14 bits per heavy atom. The Bertz CT molecular complexity index is 1070. The van der Waals surface area contributed by atoms with E-state index in [-0.39, 0.29) is 23.9 Å². The number of aromatic nitrogens is 4. The predicted octanol–water partition coefficient (Wildman–Crippen LogP) is 1.04. The van der Waals surface area contributed by atoms with E-state index in [0.29, 0.717) is 29.0 Å². The van der Waals surface area contributed by atoms with E-state index in [0.717, 1.165) is 13.1 Å². The van der Waals surface area contributed by atoms with Crippen LogP contribution in [0, 0.1) is 0 Å². The third-order valence-corrected chi connectivity index (χ3v) is 4.42. The maximum absolute atomic E-state index is 12.4. The van der Waals surface area contributed by atoms with Crippen molar-refractivity contribution in [2.45, 2.75) is 20.4 Å². The molecule has 0 bridgehead atoms. The van der Waals surface area contributed by atoms with Crippen LogP contribution in [0.2, 0.25) is 0 Å². The number of carbonyl (C=O) groups is 2. The number of aromatic amines is 1. The number of anilines is 2. The van der Waals surface area contributed by atoms with Gasteiger partial charge in [0.05, 0.1) is 19.1 Å². The van der Waals surface area contributed by atoms with Gasteiger partial charge in [0.1, 0.15) is 11.9 Å². The zero-order valence-corrected chi connectivity index (χ0v) is 16.3. The molecule has 2 heterocycles. The molecule has 0 spiro atoms. The van der Waals surface area contributed by atoms with Gasteiger partial charge in [-0.15, -0.1) is 0 Å². The minimum absolute atomic E-state index is 0.0987. The molecule has 1 aromatic carbocycles. The largest absolute Gasteiger partial charge is 0.325 e. The van der Waals surface area contributed by atoms with Crippen molar-refractivity contribution in [2.24, 2.45) is 0 Å². The summed E-state index contributed by atoms with van der Waals surface area (Å²) in [7, 11) is 0. The lowest BCUT2D eigenvalue weighted by Crippen LogP contribution is -2.32. The number of amides is 2. The lowest BCUT2D eigenvalue weighted by molar-refractivity contribution is -0.117. The van der Waals surface area contributed by atoms with Crippen LogP contribution in [0.4, 0.5) is 11.4 Å². The Morgan fingerprint density at radius 3 is 2.52 bits per heavy atom. The van der Waals surface area contributed by atoms with Crippen LogP contribution in [0.15, 0.2) is 41.6 Å². The van der Waals surface area contributed by atoms with E-state index in [1.807, 2.05) is 18.7 Å². The van der Waals surface area contributed by atoms with Gasteiger partial charge in [0.15, 0.2) is 5.65 Å².